The number of amides is 1. The first kappa shape index (κ1) is 18.1. The van der Waals surface area contributed by atoms with Gasteiger partial charge in [-0.1, -0.05) is 58.0 Å². The van der Waals surface area contributed by atoms with E-state index < -0.39 is 0 Å². The van der Waals surface area contributed by atoms with Crippen LogP contribution in [-0.2, 0) is 11.2 Å². The van der Waals surface area contributed by atoms with Gasteiger partial charge in [-0.25, -0.2) is 0 Å². The lowest BCUT2D eigenvalue weighted by Gasteiger charge is -2.07. The van der Waals surface area contributed by atoms with E-state index in [1.807, 2.05) is 71.9 Å². The minimum Gasteiger partial charge on any atom is -0.354 e. The number of hydrogen-bond donors (Lipinski definition) is 1. The summed E-state index contributed by atoms with van der Waals surface area (Å²) in [4.78, 5) is 11.3. The summed E-state index contributed by atoms with van der Waals surface area (Å²) in [5.74, 6) is 0.0844. The van der Waals surface area contributed by atoms with Gasteiger partial charge >= 0.3 is 0 Å². The van der Waals surface area contributed by atoms with Crippen molar-refractivity contribution in [1.29, 1.82) is 0 Å². The maximum Gasteiger partial charge on any atom is 0.224 e. The average molecular weight is 237 g/mol. The van der Waals surface area contributed by atoms with Crippen LogP contribution >= 0.6 is 0 Å². The van der Waals surface area contributed by atoms with Crippen LogP contribution in [0.3, 0.4) is 0 Å². The van der Waals surface area contributed by atoms with Crippen molar-refractivity contribution in [2.45, 2.75) is 54.0 Å². The summed E-state index contributed by atoms with van der Waals surface area (Å²) in [6.07, 6.45) is 0.471. The monoisotopic (exact) mass is 237 g/mol. The van der Waals surface area contributed by atoms with Gasteiger partial charge in [0.05, 0.1) is 6.42 Å². The molecule has 0 saturated carbocycles. The van der Waals surface area contributed by atoms with E-state index >= 15 is 0 Å². The average Bonchev–Trinajstić information content (AvgIpc) is 2.34. The summed E-state index contributed by atoms with van der Waals surface area (Å²) < 4.78 is 0. The molecular weight excluding hydrogens is 210 g/mol. The Bertz CT molecular complexity index is 268. The third-order valence-corrected chi connectivity index (χ3v) is 1.66. The second kappa shape index (κ2) is 12.8. The molecule has 0 aliphatic heterocycles. The minimum atomic E-state index is 0.0844. The van der Waals surface area contributed by atoms with Crippen molar-refractivity contribution < 1.29 is 4.79 Å². The van der Waals surface area contributed by atoms with Crippen molar-refractivity contribution in [3.8, 4) is 0 Å². The van der Waals surface area contributed by atoms with Gasteiger partial charge in [-0.3, -0.25) is 4.79 Å². The number of nitrogens with one attached hydrogen (secondary N) is 1. The zero-order valence-corrected chi connectivity index (χ0v) is 12.1. The summed E-state index contributed by atoms with van der Waals surface area (Å²) in [7, 11) is 0. The van der Waals surface area contributed by atoms with E-state index in [0.717, 1.165) is 5.56 Å². The van der Waals surface area contributed by atoms with Crippen molar-refractivity contribution in [2.24, 2.45) is 0 Å². The molecule has 0 radical (unpaired) electrons. The third-order valence-electron chi connectivity index (χ3n) is 1.66. The summed E-state index contributed by atoms with van der Waals surface area (Å²) in [6, 6.07) is 9.97. The summed E-state index contributed by atoms with van der Waals surface area (Å²) in [6.45, 7) is 11.9. The molecule has 1 aromatic carbocycles. The highest BCUT2D eigenvalue weighted by molar-refractivity contribution is 5.78. The molecule has 0 aliphatic carbocycles. The van der Waals surface area contributed by atoms with Crippen molar-refractivity contribution in [1.82, 2.24) is 5.32 Å². The van der Waals surface area contributed by atoms with Gasteiger partial charge in [0.1, 0.15) is 0 Å². The Labute approximate surface area is 106 Å². The topological polar surface area (TPSA) is 29.1 Å². The molecule has 98 valence electrons. The Morgan fingerprint density at radius 3 is 1.94 bits per heavy atom. The Hall–Kier alpha value is -1.31. The van der Waals surface area contributed by atoms with Crippen LogP contribution in [0.25, 0.3) is 0 Å². The third kappa shape index (κ3) is 11.0. The number of carbonyl (C=O) groups excluding carboxylic acids is 1. The van der Waals surface area contributed by atoms with E-state index in [-0.39, 0.29) is 11.9 Å². The van der Waals surface area contributed by atoms with E-state index in [2.05, 4.69) is 5.32 Å². The summed E-state index contributed by atoms with van der Waals surface area (Å²) >= 11 is 0. The molecule has 1 N–H and O–H groups in total. The SMILES string of the molecule is CC.CC.CC(C)NC(=O)Cc1ccccc1. The zero-order chi connectivity index (χ0) is 13.7. The molecule has 0 spiro atoms. The van der Waals surface area contributed by atoms with Crippen LogP contribution in [0.1, 0.15) is 47.1 Å². The molecule has 0 atom stereocenters. The standard InChI is InChI=1S/C11H15NO.2C2H6/c1-9(2)12-11(13)8-10-6-4-3-5-7-10;2*1-2/h3-7,9H,8H2,1-2H3,(H,12,13);2*1-2H3. The van der Waals surface area contributed by atoms with Crippen molar-refractivity contribution in [3.05, 3.63) is 35.9 Å². The van der Waals surface area contributed by atoms with Gasteiger partial charge in [-0.15, -0.1) is 0 Å². The first-order chi connectivity index (χ1) is 8.18. The first-order valence-corrected chi connectivity index (χ1v) is 6.52. The largest absolute Gasteiger partial charge is 0.354 e. The van der Waals surface area contributed by atoms with Crippen LogP contribution in [0.4, 0.5) is 0 Å². The van der Waals surface area contributed by atoms with Crippen LogP contribution in [-0.4, -0.2) is 11.9 Å². The molecule has 0 saturated heterocycles. The van der Waals surface area contributed by atoms with Crippen LogP contribution in [0.5, 0.6) is 0 Å². The highest BCUT2D eigenvalue weighted by Crippen LogP contribution is 1.99. The minimum absolute atomic E-state index is 0.0844. The quantitative estimate of drug-likeness (QED) is 0.851. The molecule has 0 unspecified atom stereocenters. The number of rotatable bonds is 3. The Morgan fingerprint density at radius 1 is 1.06 bits per heavy atom. The second-order valence-corrected chi connectivity index (χ2v) is 3.38. The van der Waals surface area contributed by atoms with Crippen molar-refractivity contribution in [3.63, 3.8) is 0 Å². The zero-order valence-electron chi connectivity index (χ0n) is 12.1. The molecule has 0 bridgehead atoms. The van der Waals surface area contributed by atoms with Crippen LogP contribution in [0, 0.1) is 0 Å². The number of benzene rings is 1. The maximum atomic E-state index is 11.3. The van der Waals surface area contributed by atoms with E-state index in [9.17, 15) is 4.79 Å². The second-order valence-electron chi connectivity index (χ2n) is 3.38. The molecule has 1 rings (SSSR count). The fourth-order valence-electron chi connectivity index (χ4n) is 1.15. The van der Waals surface area contributed by atoms with Crippen molar-refractivity contribution >= 4 is 5.91 Å². The molecule has 17 heavy (non-hydrogen) atoms. The number of carbonyl (C=O) groups is 1. The lowest BCUT2D eigenvalue weighted by atomic mass is 10.1. The molecule has 0 heterocycles. The fourth-order valence-corrected chi connectivity index (χ4v) is 1.15. The van der Waals surface area contributed by atoms with E-state index in [1.165, 1.54) is 0 Å². The van der Waals surface area contributed by atoms with E-state index in [1.54, 1.807) is 0 Å². The lowest BCUT2D eigenvalue weighted by molar-refractivity contribution is -0.120. The van der Waals surface area contributed by atoms with Crippen molar-refractivity contribution in [2.75, 3.05) is 0 Å². The Kier molecular flexibility index (Phi) is 13.6. The first-order valence-electron chi connectivity index (χ1n) is 6.52. The normalized spacial score (nSPS) is 8.41. The lowest BCUT2D eigenvalue weighted by Crippen LogP contribution is -2.31. The van der Waals surface area contributed by atoms with Crippen LogP contribution in [0.2, 0.25) is 0 Å². The van der Waals surface area contributed by atoms with Gasteiger partial charge in [0.25, 0.3) is 0 Å². The molecule has 0 fully saturated rings. The van der Waals surface area contributed by atoms with Gasteiger partial charge in [-0.2, -0.15) is 0 Å². The Balaban J connectivity index is 0. The van der Waals surface area contributed by atoms with E-state index in [4.69, 9.17) is 0 Å². The molecule has 0 aromatic heterocycles. The van der Waals surface area contributed by atoms with Crippen LogP contribution in [0.15, 0.2) is 30.3 Å². The molecular formula is C15H27NO. The van der Waals surface area contributed by atoms with Gasteiger partial charge in [0.15, 0.2) is 0 Å². The van der Waals surface area contributed by atoms with Gasteiger partial charge in [-0.05, 0) is 19.4 Å². The smallest absolute Gasteiger partial charge is 0.224 e. The molecule has 2 nitrogen and oxygen atoms in total. The predicted molar refractivity (Wildman–Crippen MR) is 76.1 cm³/mol. The molecule has 1 aromatic rings. The maximum absolute atomic E-state index is 11.3. The van der Waals surface area contributed by atoms with Gasteiger partial charge < -0.3 is 5.32 Å². The fraction of sp³-hybridized carbons (Fsp3) is 0.533. The van der Waals surface area contributed by atoms with Gasteiger partial charge in [0.2, 0.25) is 5.91 Å². The number of hydrogen-bond acceptors (Lipinski definition) is 1. The molecule has 2 heteroatoms. The molecule has 1 amide bonds. The highest BCUT2D eigenvalue weighted by atomic mass is 16.1. The van der Waals surface area contributed by atoms with Crippen LogP contribution < -0.4 is 5.32 Å². The molecule has 0 aliphatic rings. The van der Waals surface area contributed by atoms with E-state index in [0.29, 0.717) is 6.42 Å². The Morgan fingerprint density at radius 2 is 1.53 bits per heavy atom. The summed E-state index contributed by atoms with van der Waals surface area (Å²) in [5, 5.41) is 2.85. The summed E-state index contributed by atoms with van der Waals surface area (Å²) in [5.41, 5.74) is 1.06. The van der Waals surface area contributed by atoms with Gasteiger partial charge in [0, 0.05) is 6.04 Å². The highest BCUT2D eigenvalue weighted by Gasteiger charge is 2.03. The predicted octanol–water partition coefficient (Wildman–Crippen LogP) is 3.81.